The van der Waals surface area contributed by atoms with Crippen LogP contribution in [-0.4, -0.2) is 11.5 Å². The lowest BCUT2D eigenvalue weighted by atomic mass is 10.2. The molecule has 0 radical (unpaired) electrons. The third kappa shape index (κ3) is 2.40. The molecule has 0 aromatic carbocycles. The van der Waals surface area contributed by atoms with Crippen LogP contribution in [0, 0.1) is 0 Å². The Labute approximate surface area is 106 Å². The molecular weight excluding hydrogens is 228 g/mol. The van der Waals surface area contributed by atoms with E-state index in [-0.39, 0.29) is 0 Å². The van der Waals surface area contributed by atoms with Gasteiger partial charge in [-0.05, 0) is 59.8 Å². The molecule has 0 spiro atoms. The number of rotatable bonds is 4. The lowest BCUT2D eigenvalue weighted by molar-refractivity contribution is 0.525. The predicted octanol–water partition coefficient (Wildman–Crippen LogP) is 2.96. The number of nitrogens with zero attached hydrogens (tertiary/aromatic N) is 1. The summed E-state index contributed by atoms with van der Waals surface area (Å²) in [6.45, 7) is 1.04. The highest BCUT2D eigenvalue weighted by Gasteiger charge is 2.22. The molecule has 1 unspecified atom stereocenters. The van der Waals surface area contributed by atoms with Crippen molar-refractivity contribution < 1.29 is 0 Å². The van der Waals surface area contributed by atoms with Crippen LogP contribution in [0.3, 0.4) is 0 Å². The molecule has 88 valence electrons. The molecule has 3 heteroatoms. The van der Waals surface area contributed by atoms with E-state index in [1.807, 2.05) is 12.3 Å². The first kappa shape index (κ1) is 10.9. The molecule has 2 aromatic heterocycles. The van der Waals surface area contributed by atoms with Crippen molar-refractivity contribution in [1.82, 2.24) is 10.3 Å². The van der Waals surface area contributed by atoms with E-state index in [1.54, 1.807) is 11.3 Å². The molecule has 0 amide bonds. The van der Waals surface area contributed by atoms with Gasteiger partial charge in [-0.15, -0.1) is 0 Å². The molecule has 1 N–H and O–H groups in total. The molecule has 0 saturated heterocycles. The number of thiophene rings is 1. The van der Waals surface area contributed by atoms with E-state index < -0.39 is 0 Å². The van der Waals surface area contributed by atoms with Gasteiger partial charge in [0.25, 0.3) is 0 Å². The van der Waals surface area contributed by atoms with Gasteiger partial charge in [-0.25, -0.2) is 0 Å². The molecule has 0 fully saturated rings. The third-order valence-corrected chi connectivity index (χ3v) is 4.08. The molecule has 0 bridgehead atoms. The normalized spacial score (nSPS) is 18.2. The first-order chi connectivity index (χ1) is 8.43. The number of hydrogen-bond donors (Lipinski definition) is 1. The standard InChI is InChI=1S/C14H16N2S/c1-2-12-3-4-13(14(12)16-7-1)15-8-5-11-6-9-17-10-11/h1-2,6-7,9-10,13,15H,3-5,8H2. The van der Waals surface area contributed by atoms with E-state index in [1.165, 1.54) is 29.7 Å². The van der Waals surface area contributed by atoms with E-state index in [9.17, 15) is 0 Å². The van der Waals surface area contributed by atoms with Crippen LogP contribution in [0.2, 0.25) is 0 Å². The minimum Gasteiger partial charge on any atom is -0.308 e. The van der Waals surface area contributed by atoms with Crippen molar-refractivity contribution in [2.45, 2.75) is 25.3 Å². The zero-order valence-electron chi connectivity index (χ0n) is 9.73. The number of nitrogens with one attached hydrogen (secondary N) is 1. The van der Waals surface area contributed by atoms with Crippen molar-refractivity contribution in [2.24, 2.45) is 0 Å². The number of hydrogen-bond acceptors (Lipinski definition) is 3. The summed E-state index contributed by atoms with van der Waals surface area (Å²) in [5, 5.41) is 7.98. The summed E-state index contributed by atoms with van der Waals surface area (Å²) in [6, 6.07) is 6.90. The average Bonchev–Trinajstić information content (AvgIpc) is 2.99. The molecule has 2 nitrogen and oxygen atoms in total. The van der Waals surface area contributed by atoms with Gasteiger partial charge in [-0.2, -0.15) is 11.3 Å². The molecule has 1 aliphatic rings. The van der Waals surface area contributed by atoms with Crippen LogP contribution in [-0.2, 0) is 12.8 Å². The summed E-state index contributed by atoms with van der Waals surface area (Å²) in [5.41, 5.74) is 4.11. The first-order valence-corrected chi connectivity index (χ1v) is 7.06. The van der Waals surface area contributed by atoms with Crippen LogP contribution in [0.5, 0.6) is 0 Å². The van der Waals surface area contributed by atoms with Crippen molar-refractivity contribution in [3.05, 3.63) is 52.0 Å². The summed E-state index contributed by atoms with van der Waals surface area (Å²) in [6.07, 6.45) is 5.37. The maximum atomic E-state index is 4.50. The highest BCUT2D eigenvalue weighted by Crippen LogP contribution is 2.28. The maximum Gasteiger partial charge on any atom is 0.0605 e. The average molecular weight is 244 g/mol. The summed E-state index contributed by atoms with van der Waals surface area (Å²) < 4.78 is 0. The first-order valence-electron chi connectivity index (χ1n) is 6.12. The zero-order valence-corrected chi connectivity index (χ0v) is 10.5. The zero-order chi connectivity index (χ0) is 11.5. The second kappa shape index (κ2) is 4.98. The third-order valence-electron chi connectivity index (χ3n) is 3.34. The fraction of sp³-hybridized carbons (Fsp3) is 0.357. The van der Waals surface area contributed by atoms with E-state index >= 15 is 0 Å². The molecule has 17 heavy (non-hydrogen) atoms. The molecule has 0 aliphatic heterocycles. The van der Waals surface area contributed by atoms with Gasteiger partial charge in [0.2, 0.25) is 0 Å². The Kier molecular flexibility index (Phi) is 3.20. The maximum absolute atomic E-state index is 4.50. The summed E-state index contributed by atoms with van der Waals surface area (Å²) in [7, 11) is 0. The summed E-state index contributed by atoms with van der Waals surface area (Å²) in [5.74, 6) is 0. The summed E-state index contributed by atoms with van der Waals surface area (Å²) in [4.78, 5) is 4.50. The van der Waals surface area contributed by atoms with Crippen LogP contribution in [0.1, 0.15) is 29.3 Å². The molecule has 1 aliphatic carbocycles. The molecule has 2 heterocycles. The van der Waals surface area contributed by atoms with Crippen LogP contribution in [0.4, 0.5) is 0 Å². The highest BCUT2D eigenvalue weighted by atomic mass is 32.1. The van der Waals surface area contributed by atoms with E-state index in [4.69, 9.17) is 0 Å². The van der Waals surface area contributed by atoms with Crippen molar-refractivity contribution >= 4 is 11.3 Å². The fourth-order valence-electron chi connectivity index (χ4n) is 2.44. The Hall–Kier alpha value is -1.19. The number of pyridine rings is 1. The molecule has 0 saturated carbocycles. The molecule has 3 rings (SSSR count). The molecular formula is C14H16N2S. The monoisotopic (exact) mass is 244 g/mol. The Balaban J connectivity index is 1.57. The Bertz CT molecular complexity index is 479. The van der Waals surface area contributed by atoms with Crippen molar-refractivity contribution in [3.8, 4) is 0 Å². The lowest BCUT2D eigenvalue weighted by Gasteiger charge is -2.12. The van der Waals surface area contributed by atoms with E-state index in [2.05, 4.69) is 33.2 Å². The highest BCUT2D eigenvalue weighted by molar-refractivity contribution is 7.07. The van der Waals surface area contributed by atoms with Gasteiger partial charge < -0.3 is 5.32 Å². The SMILES string of the molecule is c1cnc2c(c1)CCC2NCCc1ccsc1. The quantitative estimate of drug-likeness (QED) is 0.894. The number of aromatic nitrogens is 1. The topological polar surface area (TPSA) is 24.9 Å². The van der Waals surface area contributed by atoms with Gasteiger partial charge in [0.1, 0.15) is 0 Å². The second-order valence-electron chi connectivity index (χ2n) is 4.47. The Morgan fingerprint density at radius 1 is 1.41 bits per heavy atom. The van der Waals surface area contributed by atoms with Crippen LogP contribution in [0.25, 0.3) is 0 Å². The van der Waals surface area contributed by atoms with Gasteiger partial charge in [0.15, 0.2) is 0 Å². The van der Waals surface area contributed by atoms with Crippen LogP contribution >= 0.6 is 11.3 Å². The Morgan fingerprint density at radius 2 is 2.41 bits per heavy atom. The minimum absolute atomic E-state index is 0.463. The summed E-state index contributed by atoms with van der Waals surface area (Å²) >= 11 is 1.77. The smallest absolute Gasteiger partial charge is 0.0605 e. The molecule has 2 aromatic rings. The predicted molar refractivity (Wildman–Crippen MR) is 71.3 cm³/mol. The van der Waals surface area contributed by atoms with Gasteiger partial charge in [-0.1, -0.05) is 6.07 Å². The molecule has 1 atom stereocenters. The van der Waals surface area contributed by atoms with Gasteiger partial charge in [-0.3, -0.25) is 4.98 Å². The van der Waals surface area contributed by atoms with E-state index in [0.717, 1.165) is 13.0 Å². The number of aryl methyl sites for hydroxylation is 1. The van der Waals surface area contributed by atoms with Crippen molar-refractivity contribution in [1.29, 1.82) is 0 Å². The van der Waals surface area contributed by atoms with Gasteiger partial charge in [0, 0.05) is 6.20 Å². The van der Waals surface area contributed by atoms with E-state index in [0.29, 0.717) is 6.04 Å². The minimum atomic E-state index is 0.463. The fourth-order valence-corrected chi connectivity index (χ4v) is 3.14. The van der Waals surface area contributed by atoms with Gasteiger partial charge >= 0.3 is 0 Å². The largest absolute Gasteiger partial charge is 0.308 e. The number of fused-ring (bicyclic) bond motifs is 1. The van der Waals surface area contributed by atoms with Gasteiger partial charge in [0.05, 0.1) is 11.7 Å². The van der Waals surface area contributed by atoms with Crippen LogP contribution < -0.4 is 5.32 Å². The van der Waals surface area contributed by atoms with Crippen molar-refractivity contribution in [3.63, 3.8) is 0 Å². The van der Waals surface area contributed by atoms with Crippen molar-refractivity contribution in [2.75, 3.05) is 6.54 Å². The second-order valence-corrected chi connectivity index (χ2v) is 5.25. The lowest BCUT2D eigenvalue weighted by Crippen LogP contribution is -2.22. The Morgan fingerprint density at radius 3 is 3.29 bits per heavy atom. The van der Waals surface area contributed by atoms with Crippen LogP contribution in [0.15, 0.2) is 35.2 Å².